The Morgan fingerprint density at radius 1 is 1.33 bits per heavy atom. The predicted octanol–water partition coefficient (Wildman–Crippen LogP) is 1.16. The van der Waals surface area contributed by atoms with Gasteiger partial charge in [0.1, 0.15) is 23.3 Å². The molecule has 2 unspecified atom stereocenters. The van der Waals surface area contributed by atoms with Gasteiger partial charge in [0.2, 0.25) is 0 Å². The van der Waals surface area contributed by atoms with E-state index in [2.05, 4.69) is 0 Å². The lowest BCUT2D eigenvalue weighted by molar-refractivity contribution is -0.172. The molecule has 1 aromatic rings. The van der Waals surface area contributed by atoms with Crippen molar-refractivity contribution in [2.75, 3.05) is 20.8 Å². The number of carbonyl (C=O) groups excluding carboxylic acids is 1. The van der Waals surface area contributed by atoms with Crippen LogP contribution in [0.5, 0.6) is 5.75 Å². The van der Waals surface area contributed by atoms with Crippen LogP contribution in [0.3, 0.4) is 0 Å². The van der Waals surface area contributed by atoms with Crippen molar-refractivity contribution in [1.82, 2.24) is 5.06 Å². The Morgan fingerprint density at radius 3 is 2.33 bits per heavy atom. The number of ether oxygens (including phenoxy) is 1. The Labute approximate surface area is 118 Å². The molecule has 21 heavy (non-hydrogen) atoms. The molecule has 0 saturated carbocycles. The highest BCUT2D eigenvalue weighted by molar-refractivity contribution is 5.99. The normalized spacial score (nSPS) is 21.7. The third kappa shape index (κ3) is 2.54. The number of aliphatic carboxylic acids is 1. The number of hydrogen-bond acceptors (Lipinski definition) is 4. The van der Waals surface area contributed by atoms with Crippen molar-refractivity contribution in [2.24, 2.45) is 5.92 Å². The maximum Gasteiger partial charge on any atom is 0.316 e. The third-order valence-electron chi connectivity index (χ3n) is 3.42. The van der Waals surface area contributed by atoms with Crippen LogP contribution in [0.25, 0.3) is 0 Å². The number of rotatable bonds is 4. The van der Waals surface area contributed by atoms with E-state index in [4.69, 9.17) is 14.7 Å². The lowest BCUT2D eigenvalue weighted by Crippen LogP contribution is -2.30. The Morgan fingerprint density at radius 2 is 1.90 bits per heavy atom. The Kier molecular flexibility index (Phi) is 4.08. The third-order valence-corrected chi connectivity index (χ3v) is 3.42. The second kappa shape index (κ2) is 5.65. The van der Waals surface area contributed by atoms with Crippen molar-refractivity contribution >= 4 is 11.9 Å². The van der Waals surface area contributed by atoms with Crippen LogP contribution < -0.4 is 4.74 Å². The van der Waals surface area contributed by atoms with Crippen molar-refractivity contribution in [1.29, 1.82) is 0 Å². The first-order valence-corrected chi connectivity index (χ1v) is 6.02. The van der Waals surface area contributed by atoms with E-state index < -0.39 is 40.9 Å². The lowest BCUT2D eigenvalue weighted by Gasteiger charge is -2.16. The Balaban J connectivity index is 2.49. The van der Waals surface area contributed by atoms with Crippen LogP contribution in [-0.4, -0.2) is 42.8 Å². The molecule has 6 nitrogen and oxygen atoms in total. The van der Waals surface area contributed by atoms with E-state index in [0.29, 0.717) is 0 Å². The van der Waals surface area contributed by atoms with Gasteiger partial charge in [-0.05, 0) is 0 Å². The Bertz CT molecular complexity index is 569. The van der Waals surface area contributed by atoms with E-state index in [1.807, 2.05) is 0 Å². The minimum absolute atomic E-state index is 0.0338. The SMILES string of the molecule is COc1cc(F)c(C2CN(OC)C(=O)C2C(=O)O)c(F)c1. The van der Waals surface area contributed by atoms with Crippen LogP contribution in [-0.2, 0) is 14.4 Å². The molecule has 1 amide bonds. The van der Waals surface area contributed by atoms with Gasteiger partial charge in [-0.2, -0.15) is 0 Å². The molecule has 1 fully saturated rings. The average molecular weight is 301 g/mol. The molecule has 0 bridgehead atoms. The van der Waals surface area contributed by atoms with E-state index >= 15 is 0 Å². The summed E-state index contributed by atoms with van der Waals surface area (Å²) in [6, 6.07) is 1.88. The molecular formula is C13H13F2NO5. The van der Waals surface area contributed by atoms with Gasteiger partial charge in [-0.25, -0.2) is 13.8 Å². The summed E-state index contributed by atoms with van der Waals surface area (Å²) in [5.74, 6) is -7.04. The zero-order valence-electron chi connectivity index (χ0n) is 11.3. The summed E-state index contributed by atoms with van der Waals surface area (Å²) < 4.78 is 32.9. The number of benzene rings is 1. The molecule has 0 aromatic heterocycles. The van der Waals surface area contributed by atoms with Gasteiger partial charge in [0.05, 0.1) is 20.8 Å². The molecule has 114 valence electrons. The van der Waals surface area contributed by atoms with Crippen LogP contribution in [0.2, 0.25) is 0 Å². The van der Waals surface area contributed by atoms with E-state index in [0.717, 1.165) is 17.2 Å². The predicted molar refractivity (Wildman–Crippen MR) is 65.5 cm³/mol. The van der Waals surface area contributed by atoms with E-state index in [-0.39, 0.29) is 12.3 Å². The maximum atomic E-state index is 14.1. The zero-order valence-corrected chi connectivity index (χ0v) is 11.3. The monoisotopic (exact) mass is 301 g/mol. The first kappa shape index (κ1) is 15.2. The summed E-state index contributed by atoms with van der Waals surface area (Å²) in [4.78, 5) is 27.8. The number of amides is 1. The van der Waals surface area contributed by atoms with Gasteiger partial charge in [-0.15, -0.1) is 0 Å². The molecule has 1 aromatic carbocycles. The zero-order chi connectivity index (χ0) is 15.7. The topological polar surface area (TPSA) is 76.1 Å². The fourth-order valence-corrected chi connectivity index (χ4v) is 2.43. The van der Waals surface area contributed by atoms with Crippen LogP contribution in [0.15, 0.2) is 12.1 Å². The minimum Gasteiger partial charge on any atom is -0.497 e. The summed E-state index contributed by atoms with van der Waals surface area (Å²) in [5, 5.41) is 9.92. The van der Waals surface area contributed by atoms with Crippen molar-refractivity contribution < 1.29 is 33.1 Å². The molecule has 1 N–H and O–H groups in total. The van der Waals surface area contributed by atoms with Gasteiger partial charge in [0.15, 0.2) is 0 Å². The largest absolute Gasteiger partial charge is 0.497 e. The summed E-state index contributed by atoms with van der Waals surface area (Å²) >= 11 is 0. The maximum absolute atomic E-state index is 14.1. The molecule has 1 aliphatic heterocycles. The number of carboxylic acids is 1. The second-order valence-electron chi connectivity index (χ2n) is 4.51. The number of nitrogens with zero attached hydrogens (tertiary/aromatic N) is 1. The highest BCUT2D eigenvalue weighted by atomic mass is 19.1. The molecule has 1 aliphatic rings. The smallest absolute Gasteiger partial charge is 0.316 e. The minimum atomic E-state index is -1.60. The highest BCUT2D eigenvalue weighted by Crippen LogP contribution is 2.37. The van der Waals surface area contributed by atoms with Crippen LogP contribution in [0.1, 0.15) is 11.5 Å². The van der Waals surface area contributed by atoms with Gasteiger partial charge >= 0.3 is 5.97 Å². The summed E-state index contributed by atoms with van der Waals surface area (Å²) in [6.07, 6.45) is 0. The summed E-state index contributed by atoms with van der Waals surface area (Å²) in [6.45, 7) is -0.244. The first-order valence-electron chi connectivity index (χ1n) is 6.02. The van der Waals surface area contributed by atoms with Gasteiger partial charge in [-0.3, -0.25) is 14.4 Å². The van der Waals surface area contributed by atoms with Gasteiger partial charge in [0, 0.05) is 23.6 Å². The van der Waals surface area contributed by atoms with Crippen molar-refractivity contribution in [3.05, 3.63) is 29.3 Å². The molecule has 1 heterocycles. The van der Waals surface area contributed by atoms with E-state index in [1.165, 1.54) is 14.2 Å². The highest BCUT2D eigenvalue weighted by Gasteiger charge is 2.48. The van der Waals surface area contributed by atoms with E-state index in [9.17, 15) is 18.4 Å². The fraction of sp³-hybridized carbons (Fsp3) is 0.385. The summed E-state index contributed by atoms with van der Waals surface area (Å²) in [5.41, 5.74) is -0.462. The number of carbonyl (C=O) groups is 2. The first-order chi connectivity index (χ1) is 9.90. The number of hydroxylamine groups is 2. The number of carboxylic acid groups (broad SMARTS) is 1. The van der Waals surface area contributed by atoms with E-state index in [1.54, 1.807) is 0 Å². The molecule has 0 radical (unpaired) electrons. The molecule has 0 spiro atoms. The fourth-order valence-electron chi connectivity index (χ4n) is 2.43. The number of halogens is 2. The van der Waals surface area contributed by atoms with Crippen molar-refractivity contribution in [3.63, 3.8) is 0 Å². The Hall–Kier alpha value is -2.22. The molecular weight excluding hydrogens is 288 g/mol. The van der Waals surface area contributed by atoms with Crippen LogP contribution in [0.4, 0.5) is 8.78 Å². The summed E-state index contributed by atoms with van der Waals surface area (Å²) in [7, 11) is 2.43. The van der Waals surface area contributed by atoms with Crippen LogP contribution in [0, 0.1) is 17.6 Å². The molecule has 0 aliphatic carbocycles. The second-order valence-corrected chi connectivity index (χ2v) is 4.51. The average Bonchev–Trinajstić information content (AvgIpc) is 2.74. The van der Waals surface area contributed by atoms with Gasteiger partial charge in [-0.1, -0.05) is 0 Å². The molecule has 2 atom stereocenters. The van der Waals surface area contributed by atoms with Crippen molar-refractivity contribution in [3.8, 4) is 5.75 Å². The molecule has 8 heteroatoms. The lowest BCUT2D eigenvalue weighted by atomic mass is 9.88. The standard InChI is InChI=1S/C13H13F2NO5/c1-20-6-3-8(14)10(9(15)4-6)7-5-16(21-2)12(17)11(7)13(18)19/h3-4,7,11H,5H2,1-2H3,(H,18,19). The molecule has 1 saturated heterocycles. The quantitative estimate of drug-likeness (QED) is 0.845. The number of methoxy groups -OCH3 is 1. The van der Waals surface area contributed by atoms with Gasteiger partial charge < -0.3 is 9.84 Å². The van der Waals surface area contributed by atoms with Crippen molar-refractivity contribution in [2.45, 2.75) is 5.92 Å². The number of hydrogen-bond donors (Lipinski definition) is 1. The van der Waals surface area contributed by atoms with Gasteiger partial charge in [0.25, 0.3) is 5.91 Å². The van der Waals surface area contributed by atoms with Crippen LogP contribution >= 0.6 is 0 Å². The molecule has 2 rings (SSSR count).